The number of rotatable bonds is 4. The fourth-order valence-electron chi connectivity index (χ4n) is 8.80. The Balaban J connectivity index is 1.17. The summed E-state index contributed by atoms with van der Waals surface area (Å²) in [4.78, 5) is 34.7. The molecule has 7 atom stereocenters. The zero-order valence-corrected chi connectivity index (χ0v) is 22.0. The molecule has 0 amide bonds. The van der Waals surface area contributed by atoms with Gasteiger partial charge in [0, 0.05) is 49.1 Å². The van der Waals surface area contributed by atoms with Gasteiger partial charge in [-0.3, -0.25) is 14.5 Å². The average molecular weight is 506 g/mol. The van der Waals surface area contributed by atoms with Crippen LogP contribution in [0.3, 0.4) is 0 Å². The maximum Gasteiger partial charge on any atom is 0.178 e. The Kier molecular flexibility index (Phi) is 5.97. The summed E-state index contributed by atoms with van der Waals surface area (Å²) in [5.74, 6) is 1.30. The highest BCUT2D eigenvalue weighted by molar-refractivity contribution is 6.01. The molecule has 1 aromatic heterocycles. The van der Waals surface area contributed by atoms with Gasteiger partial charge in [0.2, 0.25) is 0 Å². The van der Waals surface area contributed by atoms with Gasteiger partial charge in [-0.25, -0.2) is 4.98 Å². The van der Waals surface area contributed by atoms with Crippen molar-refractivity contribution in [2.45, 2.75) is 57.7 Å². The van der Waals surface area contributed by atoms with E-state index in [9.17, 15) is 19.8 Å². The monoisotopic (exact) mass is 505 g/mol. The molecule has 198 valence electrons. The maximum atomic E-state index is 13.8. The van der Waals surface area contributed by atoms with Crippen LogP contribution in [0.2, 0.25) is 0 Å². The van der Waals surface area contributed by atoms with E-state index in [1.807, 2.05) is 24.3 Å². The Hall–Kier alpha value is -2.35. The molecule has 3 saturated carbocycles. The molecular formula is C30H39N3O4. The molecule has 0 aromatic carbocycles. The number of carbonyl (C=O) groups is 2. The lowest BCUT2D eigenvalue weighted by atomic mass is 9.46. The van der Waals surface area contributed by atoms with E-state index >= 15 is 0 Å². The Labute approximate surface area is 219 Å². The lowest BCUT2D eigenvalue weighted by molar-refractivity contribution is -0.177. The van der Waals surface area contributed by atoms with Crippen molar-refractivity contribution in [3.63, 3.8) is 0 Å². The van der Waals surface area contributed by atoms with Gasteiger partial charge < -0.3 is 15.1 Å². The minimum atomic E-state index is -1.42. The normalized spacial score (nSPS) is 41.6. The average Bonchev–Trinajstić information content (AvgIpc) is 3.16. The first-order chi connectivity index (χ1) is 17.7. The molecule has 5 aliphatic rings. The van der Waals surface area contributed by atoms with Crippen LogP contribution in [0.1, 0.15) is 46.0 Å². The minimum absolute atomic E-state index is 0.00653. The first kappa shape index (κ1) is 25.0. The van der Waals surface area contributed by atoms with Gasteiger partial charge in [0.25, 0.3) is 0 Å². The molecule has 4 aliphatic carbocycles. The zero-order valence-electron chi connectivity index (χ0n) is 22.0. The number of fused-ring (bicyclic) bond motifs is 5. The lowest BCUT2D eigenvalue weighted by Crippen LogP contribution is -2.62. The number of hydrogen-bond acceptors (Lipinski definition) is 7. The van der Waals surface area contributed by atoms with E-state index in [-0.39, 0.29) is 41.3 Å². The number of piperazine rings is 1. The Morgan fingerprint density at radius 3 is 2.68 bits per heavy atom. The van der Waals surface area contributed by atoms with Crippen molar-refractivity contribution in [1.29, 1.82) is 0 Å². The van der Waals surface area contributed by atoms with Crippen LogP contribution >= 0.6 is 0 Å². The molecule has 7 nitrogen and oxygen atoms in total. The highest BCUT2D eigenvalue weighted by atomic mass is 16.3. The summed E-state index contributed by atoms with van der Waals surface area (Å²) in [6, 6.07) is 5.91. The molecule has 1 aliphatic heterocycles. The van der Waals surface area contributed by atoms with Crippen LogP contribution < -0.4 is 4.90 Å². The van der Waals surface area contributed by atoms with Crippen LogP contribution in [0.4, 0.5) is 5.82 Å². The molecule has 1 saturated heterocycles. The minimum Gasteiger partial charge on any atom is -0.393 e. The van der Waals surface area contributed by atoms with E-state index in [1.54, 1.807) is 18.3 Å². The van der Waals surface area contributed by atoms with Gasteiger partial charge in [-0.15, -0.1) is 0 Å². The summed E-state index contributed by atoms with van der Waals surface area (Å²) in [6.07, 6.45) is 10.00. The molecule has 2 heterocycles. The van der Waals surface area contributed by atoms with Gasteiger partial charge in [-0.1, -0.05) is 31.6 Å². The third kappa shape index (κ3) is 3.76. The summed E-state index contributed by atoms with van der Waals surface area (Å²) < 4.78 is 0. The summed E-state index contributed by atoms with van der Waals surface area (Å²) in [5.41, 5.74) is -1.28. The van der Waals surface area contributed by atoms with Gasteiger partial charge >= 0.3 is 0 Å². The van der Waals surface area contributed by atoms with Gasteiger partial charge in [0.15, 0.2) is 11.6 Å². The largest absolute Gasteiger partial charge is 0.393 e. The number of hydrogen-bond donors (Lipinski definition) is 2. The van der Waals surface area contributed by atoms with Crippen molar-refractivity contribution in [3.05, 3.63) is 48.2 Å². The molecule has 0 unspecified atom stereocenters. The van der Waals surface area contributed by atoms with Gasteiger partial charge in [0.1, 0.15) is 11.4 Å². The van der Waals surface area contributed by atoms with E-state index in [4.69, 9.17) is 0 Å². The number of anilines is 1. The predicted molar refractivity (Wildman–Crippen MR) is 141 cm³/mol. The Bertz CT molecular complexity index is 1140. The summed E-state index contributed by atoms with van der Waals surface area (Å²) >= 11 is 0. The second-order valence-electron chi connectivity index (χ2n) is 12.5. The van der Waals surface area contributed by atoms with Crippen molar-refractivity contribution in [2.75, 3.05) is 37.6 Å². The Morgan fingerprint density at radius 1 is 1.16 bits per heavy atom. The van der Waals surface area contributed by atoms with E-state index in [0.717, 1.165) is 56.8 Å². The number of aliphatic hydroxyl groups is 2. The van der Waals surface area contributed by atoms with Crippen LogP contribution in [0.25, 0.3) is 0 Å². The van der Waals surface area contributed by atoms with E-state index < -0.39 is 17.1 Å². The summed E-state index contributed by atoms with van der Waals surface area (Å²) in [5, 5.41) is 23.6. The summed E-state index contributed by atoms with van der Waals surface area (Å²) in [7, 11) is 0. The third-order valence-corrected chi connectivity index (χ3v) is 10.8. The smallest absolute Gasteiger partial charge is 0.178 e. The quantitative estimate of drug-likeness (QED) is 0.650. The first-order valence-corrected chi connectivity index (χ1v) is 13.9. The van der Waals surface area contributed by atoms with Crippen LogP contribution in [0, 0.1) is 28.6 Å². The van der Waals surface area contributed by atoms with Crippen LogP contribution in [-0.4, -0.2) is 76.1 Å². The van der Waals surface area contributed by atoms with Crippen LogP contribution in [0.15, 0.2) is 48.2 Å². The SMILES string of the molecule is C[C@]12C=CC(=O)C=C1CC[C@@H]1[C@@H]2[C@@H](O)C[C@@]2(C)[C@H]1CC[C@]2(O)C(=O)CN1CCN(c2ccccn2)CC1. The molecule has 6 rings (SSSR count). The molecule has 0 spiro atoms. The molecule has 37 heavy (non-hydrogen) atoms. The first-order valence-electron chi connectivity index (χ1n) is 13.9. The fourth-order valence-corrected chi connectivity index (χ4v) is 8.80. The number of allylic oxidation sites excluding steroid dienone is 4. The Morgan fingerprint density at radius 2 is 1.95 bits per heavy atom. The summed E-state index contributed by atoms with van der Waals surface area (Å²) in [6.45, 7) is 7.56. The van der Waals surface area contributed by atoms with Crippen molar-refractivity contribution in [2.24, 2.45) is 28.6 Å². The number of Topliss-reactive ketones (excluding diaryl/α,β-unsaturated/α-hetero) is 1. The van der Waals surface area contributed by atoms with Crippen molar-refractivity contribution < 1.29 is 19.8 Å². The second kappa shape index (κ2) is 8.85. The number of nitrogens with zero attached hydrogens (tertiary/aromatic N) is 3. The van der Waals surface area contributed by atoms with E-state index in [0.29, 0.717) is 12.8 Å². The molecule has 7 heteroatoms. The number of carbonyl (C=O) groups excluding carboxylic acids is 2. The van der Waals surface area contributed by atoms with Crippen LogP contribution in [-0.2, 0) is 9.59 Å². The van der Waals surface area contributed by atoms with Crippen molar-refractivity contribution in [1.82, 2.24) is 9.88 Å². The number of pyridine rings is 1. The maximum absolute atomic E-state index is 13.8. The van der Waals surface area contributed by atoms with Gasteiger partial charge in [0.05, 0.1) is 12.6 Å². The molecule has 2 N–H and O–H groups in total. The predicted octanol–water partition coefficient (Wildman–Crippen LogP) is 2.78. The molecule has 1 aromatic rings. The fraction of sp³-hybridized carbons (Fsp3) is 0.633. The number of aromatic nitrogens is 1. The standard InChI is InChI=1S/C30H39N3O4/c1-28-10-8-21(34)17-20(28)6-7-22-23-9-11-30(37,29(23,2)18-24(35)27(22)28)25(36)19-32-13-15-33(16-14-32)26-5-3-4-12-31-26/h3-5,8,10,12,17,22-24,27,35,37H,6-7,9,11,13-16,18-19H2,1-2H3/t22-,23-,24-,27+,28-,29-,30-/m0/s1. The van der Waals surface area contributed by atoms with Crippen molar-refractivity contribution >= 4 is 17.4 Å². The molecule has 0 bridgehead atoms. The van der Waals surface area contributed by atoms with Crippen molar-refractivity contribution in [3.8, 4) is 0 Å². The number of aliphatic hydroxyl groups excluding tert-OH is 1. The highest BCUT2D eigenvalue weighted by Gasteiger charge is 2.68. The second-order valence-corrected chi connectivity index (χ2v) is 12.5. The van der Waals surface area contributed by atoms with E-state index in [2.05, 4.69) is 28.6 Å². The molecule has 4 fully saturated rings. The number of ketones is 2. The molecular weight excluding hydrogens is 466 g/mol. The topological polar surface area (TPSA) is 94.0 Å². The van der Waals surface area contributed by atoms with Gasteiger partial charge in [-0.05, 0) is 68.2 Å². The van der Waals surface area contributed by atoms with Crippen LogP contribution in [0.5, 0.6) is 0 Å². The third-order valence-electron chi connectivity index (χ3n) is 10.8. The van der Waals surface area contributed by atoms with E-state index in [1.165, 1.54) is 0 Å². The molecule has 0 radical (unpaired) electrons. The highest BCUT2D eigenvalue weighted by Crippen LogP contribution is 2.67. The lowest BCUT2D eigenvalue weighted by Gasteiger charge is -2.59. The zero-order chi connectivity index (χ0) is 26.0. The van der Waals surface area contributed by atoms with Gasteiger partial charge in [-0.2, -0.15) is 0 Å².